The van der Waals surface area contributed by atoms with Gasteiger partial charge in [0.1, 0.15) is 0 Å². The highest BCUT2D eigenvalue weighted by Gasteiger charge is 2.30. The van der Waals surface area contributed by atoms with Gasteiger partial charge in [0.25, 0.3) is 0 Å². The number of carbonyl (C=O) groups excluding carboxylic acids is 1. The second-order valence-electron chi connectivity index (χ2n) is 8.99. The van der Waals surface area contributed by atoms with Crippen LogP contribution in [0.15, 0.2) is 29.3 Å². The summed E-state index contributed by atoms with van der Waals surface area (Å²) in [4.78, 5) is 27.9. The number of piperazine rings is 1. The summed E-state index contributed by atoms with van der Waals surface area (Å²) in [5.41, 5.74) is 3.79. The molecule has 0 saturated carbocycles. The fourth-order valence-corrected chi connectivity index (χ4v) is 5.04. The number of amides is 1. The first-order valence-electron chi connectivity index (χ1n) is 12.2. The summed E-state index contributed by atoms with van der Waals surface area (Å²) in [6.45, 7) is 13.4. The fraction of sp³-hybridized carbons (Fsp3) is 0.600. The standard InChI is InChI=1S/C25H38N6O.HI/c1-4-26-25(27-12-11-21-19(2)28-23-10-6-5-9-22(21)23)31-17-15-29(16-18-31)20(3)24(32)30-13-7-8-14-30;/h5-6,9-10,20,28H,4,7-8,11-18H2,1-3H3,(H,26,27);1H. The van der Waals surface area contributed by atoms with Crippen molar-refractivity contribution in [3.05, 3.63) is 35.5 Å². The molecule has 2 N–H and O–H groups in total. The van der Waals surface area contributed by atoms with Crippen LogP contribution in [0.4, 0.5) is 0 Å². The minimum atomic E-state index is -0.0281. The highest BCUT2D eigenvalue weighted by Crippen LogP contribution is 2.22. The highest BCUT2D eigenvalue weighted by atomic mass is 127. The summed E-state index contributed by atoms with van der Waals surface area (Å²) in [5, 5.41) is 4.77. The molecule has 7 nitrogen and oxygen atoms in total. The van der Waals surface area contributed by atoms with Gasteiger partial charge in [-0.1, -0.05) is 18.2 Å². The van der Waals surface area contributed by atoms with E-state index in [2.05, 4.69) is 65.1 Å². The number of aliphatic imine (C=N–C) groups is 1. The van der Waals surface area contributed by atoms with E-state index in [1.54, 1.807) is 0 Å². The minimum absolute atomic E-state index is 0. The van der Waals surface area contributed by atoms with Crippen LogP contribution in [0, 0.1) is 6.92 Å². The molecule has 4 rings (SSSR count). The molecule has 0 spiro atoms. The van der Waals surface area contributed by atoms with Gasteiger partial charge in [0.15, 0.2) is 5.96 Å². The summed E-state index contributed by atoms with van der Waals surface area (Å²) in [6.07, 6.45) is 3.21. The van der Waals surface area contributed by atoms with E-state index >= 15 is 0 Å². The third-order valence-corrected chi connectivity index (χ3v) is 6.92. The second kappa shape index (κ2) is 12.1. The lowest BCUT2D eigenvalue weighted by molar-refractivity contribution is -0.135. The van der Waals surface area contributed by atoms with Gasteiger partial charge >= 0.3 is 0 Å². The number of nitrogens with zero attached hydrogens (tertiary/aromatic N) is 4. The van der Waals surface area contributed by atoms with Gasteiger partial charge in [-0.25, -0.2) is 0 Å². The molecule has 0 radical (unpaired) electrons. The number of rotatable bonds is 6. The quantitative estimate of drug-likeness (QED) is 0.320. The lowest BCUT2D eigenvalue weighted by atomic mass is 10.1. The summed E-state index contributed by atoms with van der Waals surface area (Å²) >= 11 is 0. The Morgan fingerprint density at radius 2 is 1.79 bits per heavy atom. The Balaban J connectivity index is 0.00000306. The van der Waals surface area contributed by atoms with Crippen LogP contribution in [0.3, 0.4) is 0 Å². The number of fused-ring (bicyclic) bond motifs is 1. The van der Waals surface area contributed by atoms with E-state index in [-0.39, 0.29) is 30.0 Å². The number of guanidine groups is 1. The average Bonchev–Trinajstić information content (AvgIpc) is 3.46. The van der Waals surface area contributed by atoms with Gasteiger partial charge in [0.2, 0.25) is 5.91 Å². The number of para-hydroxylation sites is 1. The zero-order chi connectivity index (χ0) is 22.5. The predicted molar refractivity (Wildman–Crippen MR) is 147 cm³/mol. The lowest BCUT2D eigenvalue weighted by Crippen LogP contribution is -2.57. The molecule has 33 heavy (non-hydrogen) atoms. The molecule has 2 fully saturated rings. The highest BCUT2D eigenvalue weighted by molar-refractivity contribution is 14.0. The number of nitrogens with one attached hydrogen (secondary N) is 2. The van der Waals surface area contributed by atoms with Gasteiger partial charge in [0.05, 0.1) is 6.04 Å². The zero-order valence-corrected chi connectivity index (χ0v) is 22.6. The Labute approximate surface area is 215 Å². The molecule has 2 saturated heterocycles. The molecule has 0 bridgehead atoms. The van der Waals surface area contributed by atoms with Crippen LogP contribution in [-0.2, 0) is 11.2 Å². The van der Waals surface area contributed by atoms with Crippen LogP contribution >= 0.6 is 24.0 Å². The van der Waals surface area contributed by atoms with Crippen molar-refractivity contribution in [3.8, 4) is 0 Å². The van der Waals surface area contributed by atoms with E-state index in [1.807, 2.05) is 4.90 Å². The molecule has 2 aromatic rings. The first-order chi connectivity index (χ1) is 15.6. The van der Waals surface area contributed by atoms with Gasteiger partial charge in [-0.2, -0.15) is 0 Å². The van der Waals surface area contributed by atoms with Crippen molar-refractivity contribution in [2.45, 2.75) is 46.1 Å². The number of carbonyl (C=O) groups is 1. The zero-order valence-electron chi connectivity index (χ0n) is 20.3. The molecular weight excluding hydrogens is 527 g/mol. The summed E-state index contributed by atoms with van der Waals surface area (Å²) < 4.78 is 0. The molecule has 182 valence electrons. The maximum Gasteiger partial charge on any atom is 0.239 e. The molecule has 3 heterocycles. The molecule has 1 amide bonds. The summed E-state index contributed by atoms with van der Waals surface area (Å²) in [6, 6.07) is 8.46. The maximum absolute atomic E-state index is 12.8. The Morgan fingerprint density at radius 1 is 1.09 bits per heavy atom. The topological polar surface area (TPSA) is 67.0 Å². The Kier molecular flexibility index (Phi) is 9.43. The number of aryl methyl sites for hydroxylation is 1. The molecule has 1 unspecified atom stereocenters. The Bertz CT molecular complexity index is 944. The van der Waals surface area contributed by atoms with Crippen molar-refractivity contribution in [1.82, 2.24) is 25.0 Å². The largest absolute Gasteiger partial charge is 0.358 e. The Morgan fingerprint density at radius 3 is 2.48 bits per heavy atom. The van der Waals surface area contributed by atoms with Gasteiger partial charge in [-0.3, -0.25) is 14.7 Å². The molecule has 2 aliphatic rings. The number of halogens is 1. The van der Waals surface area contributed by atoms with E-state index in [1.165, 1.54) is 22.2 Å². The molecule has 0 aliphatic carbocycles. The van der Waals surface area contributed by atoms with Crippen molar-refractivity contribution in [1.29, 1.82) is 0 Å². The smallest absolute Gasteiger partial charge is 0.239 e. The van der Waals surface area contributed by atoms with Crippen molar-refractivity contribution in [2.24, 2.45) is 4.99 Å². The van der Waals surface area contributed by atoms with Gasteiger partial charge in [-0.05, 0) is 51.7 Å². The van der Waals surface area contributed by atoms with Crippen LogP contribution in [-0.4, -0.2) is 90.0 Å². The second-order valence-corrected chi connectivity index (χ2v) is 8.99. The molecule has 1 aromatic carbocycles. The van der Waals surface area contributed by atoms with E-state index in [0.717, 1.165) is 77.6 Å². The molecule has 1 aromatic heterocycles. The van der Waals surface area contributed by atoms with Crippen LogP contribution < -0.4 is 5.32 Å². The fourth-order valence-electron chi connectivity index (χ4n) is 5.04. The van der Waals surface area contributed by atoms with Crippen molar-refractivity contribution in [3.63, 3.8) is 0 Å². The van der Waals surface area contributed by atoms with Crippen LogP contribution in [0.25, 0.3) is 10.9 Å². The summed E-state index contributed by atoms with van der Waals surface area (Å²) in [5.74, 6) is 1.29. The van der Waals surface area contributed by atoms with E-state index in [9.17, 15) is 4.79 Å². The maximum atomic E-state index is 12.8. The van der Waals surface area contributed by atoms with Crippen LogP contribution in [0.1, 0.15) is 37.9 Å². The molecule has 8 heteroatoms. The van der Waals surface area contributed by atoms with Crippen molar-refractivity contribution in [2.75, 3.05) is 52.4 Å². The molecule has 2 aliphatic heterocycles. The third kappa shape index (κ3) is 6.01. The lowest BCUT2D eigenvalue weighted by Gasteiger charge is -2.39. The average molecular weight is 567 g/mol. The number of hydrogen-bond donors (Lipinski definition) is 2. The van der Waals surface area contributed by atoms with Crippen LogP contribution in [0.5, 0.6) is 0 Å². The van der Waals surface area contributed by atoms with Gasteiger partial charge < -0.3 is 20.1 Å². The van der Waals surface area contributed by atoms with Gasteiger partial charge in [0, 0.05) is 69.0 Å². The van der Waals surface area contributed by atoms with Crippen molar-refractivity contribution >= 4 is 46.7 Å². The first kappa shape index (κ1) is 25.8. The molecular formula is C25H39IN6O. The van der Waals surface area contributed by atoms with E-state index in [4.69, 9.17) is 4.99 Å². The number of aromatic amines is 1. The predicted octanol–water partition coefficient (Wildman–Crippen LogP) is 3.23. The van der Waals surface area contributed by atoms with Crippen LogP contribution in [0.2, 0.25) is 0 Å². The molecule has 1 atom stereocenters. The summed E-state index contributed by atoms with van der Waals surface area (Å²) in [7, 11) is 0. The number of likely N-dealkylation sites (tertiary alicyclic amines) is 1. The number of hydrogen-bond acceptors (Lipinski definition) is 3. The van der Waals surface area contributed by atoms with E-state index in [0.29, 0.717) is 5.91 Å². The number of aromatic nitrogens is 1. The SMILES string of the molecule is CCNC(=NCCc1c(C)[nH]c2ccccc12)N1CCN(C(C)C(=O)N2CCCC2)CC1.I. The first-order valence-corrected chi connectivity index (χ1v) is 12.2. The Hall–Kier alpha value is -1.81. The van der Waals surface area contributed by atoms with Gasteiger partial charge in [-0.15, -0.1) is 24.0 Å². The number of H-pyrrole nitrogens is 1. The third-order valence-electron chi connectivity index (χ3n) is 6.92. The minimum Gasteiger partial charge on any atom is -0.358 e. The normalized spacial score (nSPS) is 18.5. The van der Waals surface area contributed by atoms with E-state index < -0.39 is 0 Å². The monoisotopic (exact) mass is 566 g/mol. The van der Waals surface area contributed by atoms with Crippen molar-refractivity contribution < 1.29 is 4.79 Å². The number of benzene rings is 1.